The topological polar surface area (TPSA) is 64.1 Å². The predicted molar refractivity (Wildman–Crippen MR) is 90.9 cm³/mol. The van der Waals surface area contributed by atoms with Crippen molar-refractivity contribution in [3.8, 4) is 5.75 Å². The second kappa shape index (κ2) is 7.55. The molecule has 5 nitrogen and oxygen atoms in total. The van der Waals surface area contributed by atoms with Crippen molar-refractivity contribution in [2.45, 2.75) is 51.0 Å². The van der Waals surface area contributed by atoms with Crippen molar-refractivity contribution in [1.82, 2.24) is 10.2 Å². The van der Waals surface area contributed by atoms with Crippen LogP contribution in [-0.2, 0) is 4.79 Å². The molecule has 1 saturated carbocycles. The lowest BCUT2D eigenvalue weighted by molar-refractivity contribution is -0.122. The summed E-state index contributed by atoms with van der Waals surface area (Å²) >= 11 is 1.48. The van der Waals surface area contributed by atoms with E-state index in [1.165, 1.54) is 43.4 Å². The molecule has 1 aliphatic rings. The van der Waals surface area contributed by atoms with Gasteiger partial charge in [0.25, 0.3) is 5.91 Å². The molecule has 0 saturated heterocycles. The summed E-state index contributed by atoms with van der Waals surface area (Å²) in [6.45, 7) is 1.73. The molecule has 0 bridgehead atoms. The number of rotatable bonds is 5. The van der Waals surface area contributed by atoms with Gasteiger partial charge < -0.3 is 4.74 Å². The summed E-state index contributed by atoms with van der Waals surface area (Å²) in [5.41, 5.74) is 0. The number of carbonyl (C=O) groups excluding carboxylic acids is 1. The lowest BCUT2D eigenvalue weighted by atomic mass is 9.90. The highest BCUT2D eigenvalue weighted by atomic mass is 32.1. The van der Waals surface area contributed by atoms with Gasteiger partial charge in [-0.25, -0.2) is 0 Å². The van der Waals surface area contributed by atoms with Gasteiger partial charge in [-0.2, -0.15) is 0 Å². The standard InChI is InChI=1S/C17H21N3O2S/c1-12(22-14-10-6-3-7-11-14)15(21)18-17-20-19-16(23-17)13-8-4-2-5-9-13/h3,6-7,10-13H,2,4-5,8-9H2,1H3,(H,18,20,21)/t12-/m1/s1. The van der Waals surface area contributed by atoms with Crippen LogP contribution in [0, 0.1) is 0 Å². The minimum Gasteiger partial charge on any atom is -0.481 e. The second-order valence-corrected chi connectivity index (χ2v) is 6.85. The first-order valence-corrected chi connectivity index (χ1v) is 8.90. The number of ether oxygens (including phenoxy) is 1. The maximum Gasteiger partial charge on any atom is 0.266 e. The number of hydrogen-bond donors (Lipinski definition) is 1. The Bertz CT molecular complexity index is 638. The number of nitrogens with one attached hydrogen (secondary N) is 1. The summed E-state index contributed by atoms with van der Waals surface area (Å²) < 4.78 is 5.62. The highest BCUT2D eigenvalue weighted by Crippen LogP contribution is 2.35. The molecular formula is C17H21N3O2S. The normalized spacial score (nSPS) is 16.7. The molecule has 0 unspecified atom stereocenters. The van der Waals surface area contributed by atoms with E-state index < -0.39 is 6.10 Å². The third-order valence-corrected chi connectivity index (χ3v) is 5.05. The smallest absolute Gasteiger partial charge is 0.266 e. The van der Waals surface area contributed by atoms with Crippen LogP contribution in [0.1, 0.15) is 50.0 Å². The molecule has 1 heterocycles. The lowest BCUT2D eigenvalue weighted by Crippen LogP contribution is -2.30. The van der Waals surface area contributed by atoms with E-state index in [9.17, 15) is 4.79 Å². The van der Waals surface area contributed by atoms with E-state index in [1.807, 2.05) is 30.3 Å². The largest absolute Gasteiger partial charge is 0.481 e. The van der Waals surface area contributed by atoms with E-state index in [-0.39, 0.29) is 5.91 Å². The summed E-state index contributed by atoms with van der Waals surface area (Å²) in [6, 6.07) is 9.32. The molecule has 1 N–H and O–H groups in total. The summed E-state index contributed by atoms with van der Waals surface area (Å²) in [4.78, 5) is 12.2. The van der Waals surface area contributed by atoms with Crippen LogP contribution < -0.4 is 10.1 Å². The van der Waals surface area contributed by atoms with Crippen LogP contribution in [0.4, 0.5) is 5.13 Å². The van der Waals surface area contributed by atoms with E-state index in [4.69, 9.17) is 4.74 Å². The molecule has 1 fully saturated rings. The molecule has 1 atom stereocenters. The maximum absolute atomic E-state index is 12.2. The van der Waals surface area contributed by atoms with Crippen LogP contribution in [0.25, 0.3) is 0 Å². The maximum atomic E-state index is 12.2. The molecule has 122 valence electrons. The van der Waals surface area contributed by atoms with Crippen LogP contribution in [0.15, 0.2) is 30.3 Å². The number of amides is 1. The molecular weight excluding hydrogens is 310 g/mol. The molecule has 2 aromatic rings. The van der Waals surface area contributed by atoms with Gasteiger partial charge in [0.15, 0.2) is 6.10 Å². The van der Waals surface area contributed by atoms with Crippen molar-refractivity contribution in [3.05, 3.63) is 35.3 Å². The first-order valence-electron chi connectivity index (χ1n) is 8.08. The van der Waals surface area contributed by atoms with E-state index in [1.54, 1.807) is 6.92 Å². The molecule has 1 aromatic carbocycles. The van der Waals surface area contributed by atoms with E-state index in [0.717, 1.165) is 5.01 Å². The minimum atomic E-state index is -0.584. The van der Waals surface area contributed by atoms with E-state index in [2.05, 4.69) is 15.5 Å². The summed E-state index contributed by atoms with van der Waals surface area (Å²) in [6.07, 6.45) is 5.60. The Morgan fingerprint density at radius 3 is 2.70 bits per heavy atom. The van der Waals surface area contributed by atoms with Gasteiger partial charge in [-0.3, -0.25) is 10.1 Å². The van der Waals surface area contributed by atoms with Crippen LogP contribution >= 0.6 is 11.3 Å². The Morgan fingerprint density at radius 1 is 1.22 bits per heavy atom. The first-order chi connectivity index (χ1) is 11.2. The molecule has 0 aliphatic heterocycles. The average Bonchev–Trinajstić information content (AvgIpc) is 3.05. The van der Waals surface area contributed by atoms with Gasteiger partial charge in [0.1, 0.15) is 10.8 Å². The molecule has 6 heteroatoms. The highest BCUT2D eigenvalue weighted by molar-refractivity contribution is 7.15. The second-order valence-electron chi connectivity index (χ2n) is 5.84. The van der Waals surface area contributed by atoms with Gasteiger partial charge in [-0.05, 0) is 31.9 Å². The molecule has 23 heavy (non-hydrogen) atoms. The Labute approximate surface area is 140 Å². The first kappa shape index (κ1) is 15.9. The Hall–Kier alpha value is -1.95. The Kier molecular flexibility index (Phi) is 5.23. The number of nitrogens with zero attached hydrogens (tertiary/aromatic N) is 2. The lowest BCUT2D eigenvalue weighted by Gasteiger charge is -2.18. The van der Waals surface area contributed by atoms with Crippen molar-refractivity contribution in [2.75, 3.05) is 5.32 Å². The van der Waals surface area contributed by atoms with Crippen LogP contribution in [0.5, 0.6) is 5.75 Å². The zero-order chi connectivity index (χ0) is 16.1. The summed E-state index contributed by atoms with van der Waals surface area (Å²) in [7, 11) is 0. The average molecular weight is 331 g/mol. The fourth-order valence-corrected chi connectivity index (χ4v) is 3.68. The van der Waals surface area contributed by atoms with Gasteiger partial charge in [-0.1, -0.05) is 48.8 Å². The zero-order valence-electron chi connectivity index (χ0n) is 13.2. The summed E-state index contributed by atoms with van der Waals surface area (Å²) in [5, 5.41) is 12.7. The third kappa shape index (κ3) is 4.28. The minimum absolute atomic E-state index is 0.208. The molecule has 1 aliphatic carbocycles. The van der Waals surface area contributed by atoms with Gasteiger partial charge in [0, 0.05) is 5.92 Å². The van der Waals surface area contributed by atoms with Gasteiger partial charge in [0.2, 0.25) is 5.13 Å². The Morgan fingerprint density at radius 2 is 1.96 bits per heavy atom. The Balaban J connectivity index is 1.56. The zero-order valence-corrected chi connectivity index (χ0v) is 14.0. The predicted octanol–water partition coefficient (Wildman–Crippen LogP) is 3.99. The van der Waals surface area contributed by atoms with Crippen LogP contribution in [-0.4, -0.2) is 22.2 Å². The highest BCUT2D eigenvalue weighted by Gasteiger charge is 2.21. The summed E-state index contributed by atoms with van der Waals surface area (Å²) in [5.74, 6) is 0.973. The third-order valence-electron chi connectivity index (χ3n) is 4.05. The molecule has 0 spiro atoms. The van der Waals surface area contributed by atoms with Gasteiger partial charge in [-0.15, -0.1) is 10.2 Å². The molecule has 0 radical (unpaired) electrons. The molecule has 1 amide bonds. The number of para-hydroxylation sites is 1. The number of benzene rings is 1. The van der Waals surface area contributed by atoms with Crippen molar-refractivity contribution < 1.29 is 9.53 Å². The number of aromatic nitrogens is 2. The number of anilines is 1. The van der Waals surface area contributed by atoms with Crippen molar-refractivity contribution in [3.63, 3.8) is 0 Å². The van der Waals surface area contributed by atoms with E-state index >= 15 is 0 Å². The molecule has 3 rings (SSSR count). The fraction of sp³-hybridized carbons (Fsp3) is 0.471. The quantitative estimate of drug-likeness (QED) is 0.899. The van der Waals surface area contributed by atoms with Crippen molar-refractivity contribution in [1.29, 1.82) is 0 Å². The van der Waals surface area contributed by atoms with Gasteiger partial charge >= 0.3 is 0 Å². The van der Waals surface area contributed by atoms with Gasteiger partial charge in [0.05, 0.1) is 0 Å². The van der Waals surface area contributed by atoms with E-state index in [0.29, 0.717) is 16.8 Å². The SMILES string of the molecule is C[C@@H](Oc1ccccc1)C(=O)Nc1nnc(C2CCCCC2)s1. The number of hydrogen-bond acceptors (Lipinski definition) is 5. The van der Waals surface area contributed by atoms with Crippen LogP contribution in [0.2, 0.25) is 0 Å². The monoisotopic (exact) mass is 331 g/mol. The fourth-order valence-electron chi connectivity index (χ4n) is 2.76. The molecule has 1 aromatic heterocycles. The van der Waals surface area contributed by atoms with Crippen molar-refractivity contribution >= 4 is 22.4 Å². The van der Waals surface area contributed by atoms with Crippen LogP contribution in [0.3, 0.4) is 0 Å². The number of carbonyl (C=O) groups is 1. The van der Waals surface area contributed by atoms with Crippen molar-refractivity contribution in [2.24, 2.45) is 0 Å².